The molecule has 0 spiro atoms. The van der Waals surface area contributed by atoms with E-state index in [0.29, 0.717) is 16.9 Å². The molecule has 0 saturated carbocycles. The fourth-order valence-electron chi connectivity index (χ4n) is 1.18. The minimum atomic E-state index is -0.276. The van der Waals surface area contributed by atoms with Crippen molar-refractivity contribution in [3.8, 4) is 0 Å². The van der Waals surface area contributed by atoms with Crippen molar-refractivity contribution in [2.45, 2.75) is 13.0 Å². The van der Waals surface area contributed by atoms with Gasteiger partial charge in [0.05, 0.1) is 11.7 Å². The normalized spacial score (nSPS) is 12.5. The molecular weight excluding hydrogens is 354 g/mol. The van der Waals surface area contributed by atoms with Crippen LogP contribution in [0, 0.1) is 3.57 Å². The topological polar surface area (TPSA) is 77.0 Å². The zero-order valence-electron chi connectivity index (χ0n) is 8.95. The standard InChI is InChI=1S/C10H10ClIN4O/c1-5(13)9-15-16-10(17-9)14-8-3-2-6(11)4-7(8)12/h2-5H,13H2,1H3,(H,14,16). The summed E-state index contributed by atoms with van der Waals surface area (Å²) in [4.78, 5) is 0. The van der Waals surface area contributed by atoms with Gasteiger partial charge in [0, 0.05) is 8.59 Å². The molecule has 3 N–H and O–H groups in total. The maximum absolute atomic E-state index is 5.87. The minimum absolute atomic E-state index is 0.276. The predicted molar refractivity (Wildman–Crippen MR) is 74.4 cm³/mol. The second-order valence-electron chi connectivity index (χ2n) is 3.48. The van der Waals surface area contributed by atoms with Crippen molar-refractivity contribution in [1.82, 2.24) is 10.2 Å². The fourth-order valence-corrected chi connectivity index (χ4v) is 2.18. The van der Waals surface area contributed by atoms with E-state index in [1.165, 1.54) is 0 Å². The lowest BCUT2D eigenvalue weighted by Gasteiger charge is -2.04. The monoisotopic (exact) mass is 364 g/mol. The second kappa shape index (κ2) is 5.19. The molecule has 0 saturated heterocycles. The van der Waals surface area contributed by atoms with Gasteiger partial charge in [0.2, 0.25) is 5.89 Å². The van der Waals surface area contributed by atoms with Crippen LogP contribution in [0.1, 0.15) is 18.9 Å². The Bertz CT molecular complexity index is 529. The number of aromatic nitrogens is 2. The van der Waals surface area contributed by atoms with Gasteiger partial charge in [-0.05, 0) is 47.7 Å². The first kappa shape index (κ1) is 12.6. The zero-order valence-corrected chi connectivity index (χ0v) is 11.9. The third-order valence-corrected chi connectivity index (χ3v) is 3.13. The van der Waals surface area contributed by atoms with Crippen molar-refractivity contribution in [1.29, 1.82) is 0 Å². The van der Waals surface area contributed by atoms with Crippen LogP contribution in [0.15, 0.2) is 22.6 Å². The van der Waals surface area contributed by atoms with Crippen molar-refractivity contribution in [2.24, 2.45) is 5.73 Å². The van der Waals surface area contributed by atoms with Crippen molar-refractivity contribution in [3.63, 3.8) is 0 Å². The third kappa shape index (κ3) is 3.08. The molecule has 1 heterocycles. The lowest BCUT2D eigenvalue weighted by molar-refractivity contribution is 0.475. The lowest BCUT2D eigenvalue weighted by Crippen LogP contribution is -2.04. The summed E-state index contributed by atoms with van der Waals surface area (Å²) < 4.78 is 6.31. The quantitative estimate of drug-likeness (QED) is 0.819. The molecule has 0 aliphatic rings. The van der Waals surface area contributed by atoms with Crippen LogP contribution < -0.4 is 11.1 Å². The number of hydrogen-bond acceptors (Lipinski definition) is 5. The Kier molecular flexibility index (Phi) is 3.85. The van der Waals surface area contributed by atoms with Crippen molar-refractivity contribution < 1.29 is 4.42 Å². The largest absolute Gasteiger partial charge is 0.406 e. The summed E-state index contributed by atoms with van der Waals surface area (Å²) >= 11 is 8.04. The molecule has 0 radical (unpaired) electrons. The maximum Gasteiger partial charge on any atom is 0.320 e. The van der Waals surface area contributed by atoms with Gasteiger partial charge in [-0.15, -0.1) is 5.10 Å². The van der Waals surface area contributed by atoms with Crippen LogP contribution in [0.4, 0.5) is 11.7 Å². The van der Waals surface area contributed by atoms with Crippen LogP contribution in [0.25, 0.3) is 0 Å². The average molecular weight is 365 g/mol. The van der Waals surface area contributed by atoms with Crippen molar-refractivity contribution in [3.05, 3.63) is 32.7 Å². The molecule has 2 rings (SSSR count). The van der Waals surface area contributed by atoms with Crippen molar-refractivity contribution >= 4 is 45.9 Å². The van der Waals surface area contributed by atoms with Gasteiger partial charge in [0.15, 0.2) is 0 Å². The van der Waals surface area contributed by atoms with Gasteiger partial charge in [0.25, 0.3) is 0 Å². The molecule has 1 atom stereocenters. The molecule has 1 aromatic heterocycles. The Balaban J connectivity index is 2.19. The Morgan fingerprint density at radius 2 is 2.24 bits per heavy atom. The maximum atomic E-state index is 5.87. The molecule has 90 valence electrons. The third-order valence-electron chi connectivity index (χ3n) is 2.00. The summed E-state index contributed by atoms with van der Waals surface area (Å²) in [6.45, 7) is 1.78. The molecule has 0 amide bonds. The van der Waals surface area contributed by atoms with Crippen LogP contribution >= 0.6 is 34.2 Å². The van der Waals surface area contributed by atoms with Gasteiger partial charge in [0.1, 0.15) is 0 Å². The lowest BCUT2D eigenvalue weighted by atomic mass is 10.3. The van der Waals surface area contributed by atoms with E-state index < -0.39 is 0 Å². The Hall–Kier alpha value is -0.860. The average Bonchev–Trinajstić information content (AvgIpc) is 2.71. The summed E-state index contributed by atoms with van der Waals surface area (Å²) in [5.74, 6) is 0.400. The van der Waals surface area contributed by atoms with Gasteiger partial charge < -0.3 is 15.5 Å². The van der Waals surface area contributed by atoms with E-state index in [0.717, 1.165) is 9.26 Å². The highest BCUT2D eigenvalue weighted by Crippen LogP contribution is 2.25. The molecule has 1 aromatic carbocycles. The molecule has 1 unspecified atom stereocenters. The number of anilines is 2. The van der Waals surface area contributed by atoms with E-state index in [9.17, 15) is 0 Å². The van der Waals surface area contributed by atoms with Crippen LogP contribution in [0.5, 0.6) is 0 Å². The summed E-state index contributed by atoms with van der Waals surface area (Å²) in [6, 6.07) is 5.52. The van der Waals surface area contributed by atoms with Gasteiger partial charge in [-0.1, -0.05) is 16.7 Å². The van der Waals surface area contributed by atoms with Crippen LogP contribution in [-0.2, 0) is 0 Å². The van der Waals surface area contributed by atoms with Crippen LogP contribution in [0.3, 0.4) is 0 Å². The first-order valence-corrected chi connectivity index (χ1v) is 6.33. The van der Waals surface area contributed by atoms with Crippen LogP contribution in [0.2, 0.25) is 5.02 Å². The smallest absolute Gasteiger partial charge is 0.320 e. The first-order valence-electron chi connectivity index (χ1n) is 4.87. The minimum Gasteiger partial charge on any atom is -0.406 e. The zero-order chi connectivity index (χ0) is 12.4. The number of rotatable bonds is 3. The molecular formula is C10H10ClIN4O. The molecule has 0 bridgehead atoms. The Morgan fingerprint density at radius 1 is 1.47 bits per heavy atom. The van der Waals surface area contributed by atoms with Gasteiger partial charge in [-0.3, -0.25) is 0 Å². The fraction of sp³-hybridized carbons (Fsp3) is 0.200. The summed E-state index contributed by atoms with van der Waals surface area (Å²) in [7, 11) is 0. The SMILES string of the molecule is CC(N)c1nnc(Nc2ccc(Cl)cc2I)o1. The van der Waals surface area contributed by atoms with E-state index in [-0.39, 0.29) is 6.04 Å². The highest BCUT2D eigenvalue weighted by atomic mass is 127. The van der Waals surface area contributed by atoms with E-state index in [1.54, 1.807) is 13.0 Å². The second-order valence-corrected chi connectivity index (χ2v) is 5.08. The van der Waals surface area contributed by atoms with Gasteiger partial charge in [-0.25, -0.2) is 0 Å². The van der Waals surface area contributed by atoms with Crippen LogP contribution in [-0.4, -0.2) is 10.2 Å². The summed E-state index contributed by atoms with van der Waals surface area (Å²) in [5, 5.41) is 11.4. The molecule has 2 aromatic rings. The van der Waals surface area contributed by atoms with Gasteiger partial charge >= 0.3 is 6.01 Å². The van der Waals surface area contributed by atoms with Crippen molar-refractivity contribution in [2.75, 3.05) is 5.32 Å². The molecule has 0 aliphatic heterocycles. The van der Waals surface area contributed by atoms with E-state index in [4.69, 9.17) is 21.8 Å². The highest BCUT2D eigenvalue weighted by molar-refractivity contribution is 14.1. The summed E-state index contributed by atoms with van der Waals surface area (Å²) in [6.07, 6.45) is 0. The number of benzene rings is 1. The summed E-state index contributed by atoms with van der Waals surface area (Å²) in [5.41, 5.74) is 6.48. The Labute approximate surface area is 117 Å². The molecule has 0 fully saturated rings. The first-order chi connectivity index (χ1) is 8.06. The van der Waals surface area contributed by atoms with E-state index in [2.05, 4.69) is 38.1 Å². The number of nitrogens with zero attached hydrogens (tertiary/aromatic N) is 2. The number of nitrogens with one attached hydrogen (secondary N) is 1. The van der Waals surface area contributed by atoms with E-state index in [1.807, 2.05) is 12.1 Å². The molecule has 5 nitrogen and oxygen atoms in total. The predicted octanol–water partition coefficient (Wildman–Crippen LogP) is 3.09. The van der Waals surface area contributed by atoms with Gasteiger partial charge in [-0.2, -0.15) is 0 Å². The van der Waals surface area contributed by atoms with E-state index >= 15 is 0 Å². The number of nitrogens with two attached hydrogens (primary N) is 1. The molecule has 0 aliphatic carbocycles. The molecule has 17 heavy (non-hydrogen) atoms. The number of halogens is 2. The highest BCUT2D eigenvalue weighted by Gasteiger charge is 2.10. The number of hydrogen-bond donors (Lipinski definition) is 2. The molecule has 7 heteroatoms. The Morgan fingerprint density at radius 3 is 2.82 bits per heavy atom.